The summed E-state index contributed by atoms with van der Waals surface area (Å²) in [5.41, 5.74) is 4.18. The van der Waals surface area contributed by atoms with E-state index in [0.29, 0.717) is 29.9 Å². The molecule has 1 atom stereocenters. The molecule has 49 heavy (non-hydrogen) atoms. The van der Waals surface area contributed by atoms with Crippen molar-refractivity contribution in [2.24, 2.45) is 0 Å². The number of rotatable bonds is 7. The van der Waals surface area contributed by atoms with Crippen molar-refractivity contribution < 1.29 is 18.5 Å². The normalized spacial score (nSPS) is 16.6. The molecule has 2 aliphatic rings. The number of fused-ring (bicyclic) bond motifs is 1. The lowest BCUT2D eigenvalue weighted by atomic mass is 9.89. The van der Waals surface area contributed by atoms with Crippen LogP contribution in [-0.4, -0.2) is 86.5 Å². The summed E-state index contributed by atoms with van der Waals surface area (Å²) < 4.78 is 21.0. The minimum Gasteiger partial charge on any atom is -0.371 e. The van der Waals surface area contributed by atoms with Gasteiger partial charge in [-0.2, -0.15) is 4.98 Å². The summed E-state index contributed by atoms with van der Waals surface area (Å²) in [4.78, 5) is 38.8. The number of benzene rings is 3. The molecule has 1 fully saturated rings. The maximum absolute atomic E-state index is 14.8. The quantitative estimate of drug-likeness (QED) is 0.242. The number of anilines is 2. The van der Waals surface area contributed by atoms with E-state index in [-0.39, 0.29) is 28.9 Å². The molecule has 0 bridgehead atoms. The molecule has 14 heteroatoms. The zero-order valence-corrected chi connectivity index (χ0v) is 28.1. The van der Waals surface area contributed by atoms with Crippen molar-refractivity contribution in [3.05, 3.63) is 100 Å². The van der Waals surface area contributed by atoms with Gasteiger partial charge in [-0.25, -0.2) is 9.07 Å². The highest BCUT2D eigenvalue weighted by atomic mass is 35.5. The smallest absolute Gasteiger partial charge is 0.277 e. The number of hydrogen-bond donors (Lipinski definition) is 1. The van der Waals surface area contributed by atoms with Crippen LogP contribution in [0.1, 0.15) is 46.4 Å². The summed E-state index contributed by atoms with van der Waals surface area (Å²) in [6.07, 6.45) is 3.97. The summed E-state index contributed by atoms with van der Waals surface area (Å²) in [5, 5.41) is 15.0. The molecule has 4 heterocycles. The van der Waals surface area contributed by atoms with Gasteiger partial charge in [0.1, 0.15) is 11.7 Å². The lowest BCUT2D eigenvalue weighted by Gasteiger charge is -2.41. The van der Waals surface area contributed by atoms with Gasteiger partial charge < -0.3 is 24.5 Å². The van der Waals surface area contributed by atoms with Crippen molar-refractivity contribution in [2.75, 3.05) is 43.9 Å². The molecule has 2 aromatic heterocycles. The summed E-state index contributed by atoms with van der Waals surface area (Å²) in [6, 6.07) is 17.1. The molecular weight excluding hydrogens is 649 g/mol. The molecule has 0 aliphatic carbocycles. The number of amides is 2. The largest absolute Gasteiger partial charge is 0.371 e. The number of piperidine rings is 1. The predicted molar refractivity (Wildman–Crippen MR) is 182 cm³/mol. The summed E-state index contributed by atoms with van der Waals surface area (Å²) in [7, 11) is 4.23. The number of hydrogen-bond acceptors (Lipinski definition) is 9. The molecule has 3 aromatic carbocycles. The van der Waals surface area contributed by atoms with E-state index in [1.54, 1.807) is 37.3 Å². The molecule has 1 N–H and O–H groups in total. The van der Waals surface area contributed by atoms with Crippen molar-refractivity contribution in [1.29, 1.82) is 0 Å². The van der Waals surface area contributed by atoms with Gasteiger partial charge in [0.2, 0.25) is 11.7 Å². The summed E-state index contributed by atoms with van der Waals surface area (Å²) in [5.74, 6) is -0.665. The van der Waals surface area contributed by atoms with E-state index in [4.69, 9.17) is 16.1 Å². The summed E-state index contributed by atoms with van der Waals surface area (Å²) in [6.45, 7) is 3.78. The molecule has 2 aliphatic heterocycles. The zero-order valence-electron chi connectivity index (χ0n) is 27.3. The fraction of sp³-hybridized carbons (Fsp3) is 0.314. The van der Waals surface area contributed by atoms with E-state index < -0.39 is 17.8 Å². The van der Waals surface area contributed by atoms with Gasteiger partial charge in [0.05, 0.1) is 11.2 Å². The minimum atomic E-state index is -0.969. The molecule has 0 radical (unpaired) electrons. The maximum Gasteiger partial charge on any atom is 0.277 e. The average Bonchev–Trinajstić information content (AvgIpc) is 3.78. The maximum atomic E-state index is 14.8. The first kappa shape index (κ1) is 32.4. The Morgan fingerprint density at radius 1 is 1.00 bits per heavy atom. The molecule has 7 rings (SSSR count). The van der Waals surface area contributed by atoms with Crippen LogP contribution in [0.4, 0.5) is 15.8 Å². The standard InChI is InChI=1S/C35H35ClFN9O3/c1-21-38-33(41-49-21)22-10-12-23(13-11-22)39-34(47)32-26-6-4-8-29(44-17-14-24(15-18-44)43(2)3)25(26)16-19-45(32)35(48)28-20-46(42-40-28)30-9-5-7-27(36)31(30)37/h4-13,20,24,32H,14-19H2,1-3H3,(H,39,47). The molecule has 1 saturated heterocycles. The second-order valence-corrected chi connectivity index (χ2v) is 12.9. The fourth-order valence-corrected chi connectivity index (χ4v) is 6.87. The van der Waals surface area contributed by atoms with Gasteiger partial charge in [-0.15, -0.1) is 5.10 Å². The molecular formula is C35H35ClFN9O3. The second-order valence-electron chi connectivity index (χ2n) is 12.5. The van der Waals surface area contributed by atoms with E-state index in [9.17, 15) is 14.0 Å². The van der Waals surface area contributed by atoms with Crippen LogP contribution >= 0.6 is 11.6 Å². The number of carbonyl (C=O) groups excluding carboxylic acids is 2. The zero-order chi connectivity index (χ0) is 34.2. The topological polar surface area (TPSA) is 126 Å². The minimum absolute atomic E-state index is 0.0257. The molecule has 12 nitrogen and oxygen atoms in total. The van der Waals surface area contributed by atoms with Crippen molar-refractivity contribution in [2.45, 2.75) is 38.3 Å². The van der Waals surface area contributed by atoms with Crippen molar-refractivity contribution in [3.63, 3.8) is 0 Å². The molecule has 5 aromatic rings. The van der Waals surface area contributed by atoms with E-state index >= 15 is 0 Å². The average molecular weight is 684 g/mol. The monoisotopic (exact) mass is 683 g/mol. The molecule has 0 saturated carbocycles. The summed E-state index contributed by atoms with van der Waals surface area (Å²) >= 11 is 5.98. The van der Waals surface area contributed by atoms with Crippen LogP contribution in [0.5, 0.6) is 0 Å². The van der Waals surface area contributed by atoms with Crippen LogP contribution in [0.15, 0.2) is 71.4 Å². The van der Waals surface area contributed by atoms with Crippen LogP contribution in [0, 0.1) is 12.7 Å². The van der Waals surface area contributed by atoms with E-state index in [2.05, 4.69) is 55.7 Å². The SMILES string of the molecule is Cc1nc(-c2ccc(NC(=O)C3c4cccc(N5CCC(N(C)C)CC5)c4CCN3C(=O)c3cn(-c4cccc(Cl)c4F)nn3)cc2)no1. The second kappa shape index (κ2) is 13.4. The lowest BCUT2D eigenvalue weighted by Crippen LogP contribution is -2.46. The van der Waals surface area contributed by atoms with Gasteiger partial charge in [0.25, 0.3) is 11.8 Å². The highest BCUT2D eigenvalue weighted by Crippen LogP contribution is 2.38. The van der Waals surface area contributed by atoms with Crippen molar-refractivity contribution in [1.82, 2.24) is 34.9 Å². The van der Waals surface area contributed by atoms with Crippen molar-refractivity contribution >= 4 is 34.8 Å². The van der Waals surface area contributed by atoms with Gasteiger partial charge >= 0.3 is 0 Å². The van der Waals surface area contributed by atoms with Crippen LogP contribution in [-0.2, 0) is 11.2 Å². The van der Waals surface area contributed by atoms with E-state index in [1.807, 2.05) is 12.1 Å². The van der Waals surface area contributed by atoms with Crippen molar-refractivity contribution in [3.8, 4) is 17.1 Å². The van der Waals surface area contributed by atoms with E-state index in [1.165, 1.54) is 27.9 Å². The Kier molecular flexibility index (Phi) is 8.86. The van der Waals surface area contributed by atoms with Crippen LogP contribution in [0.25, 0.3) is 17.1 Å². The molecule has 0 spiro atoms. The predicted octanol–water partition coefficient (Wildman–Crippen LogP) is 5.33. The van der Waals surface area contributed by atoms with Crippen LogP contribution < -0.4 is 10.2 Å². The van der Waals surface area contributed by atoms with Crippen LogP contribution in [0.2, 0.25) is 5.02 Å². The Bertz CT molecular complexity index is 2000. The first-order valence-corrected chi connectivity index (χ1v) is 16.5. The molecule has 252 valence electrons. The van der Waals surface area contributed by atoms with Gasteiger partial charge in [-0.3, -0.25) is 9.59 Å². The Hall–Kier alpha value is -5.14. The Labute approximate surface area is 287 Å². The fourth-order valence-electron chi connectivity index (χ4n) is 6.70. The number of aromatic nitrogens is 5. The number of nitrogens with one attached hydrogen (secondary N) is 1. The van der Waals surface area contributed by atoms with Gasteiger partial charge in [-0.05, 0) is 86.9 Å². The third-order valence-electron chi connectivity index (χ3n) is 9.27. The Morgan fingerprint density at radius 2 is 1.73 bits per heavy atom. The van der Waals surface area contributed by atoms with Gasteiger partial charge in [-0.1, -0.05) is 40.2 Å². The number of halogens is 2. The number of nitrogens with zero attached hydrogens (tertiary/aromatic N) is 8. The first-order valence-electron chi connectivity index (χ1n) is 16.1. The molecule has 2 amide bonds. The highest BCUT2D eigenvalue weighted by Gasteiger charge is 2.39. The van der Waals surface area contributed by atoms with Gasteiger partial charge in [0.15, 0.2) is 11.5 Å². The third-order valence-corrected chi connectivity index (χ3v) is 9.56. The third kappa shape index (κ3) is 6.39. The highest BCUT2D eigenvalue weighted by molar-refractivity contribution is 6.30. The van der Waals surface area contributed by atoms with Crippen LogP contribution in [0.3, 0.4) is 0 Å². The number of carbonyl (C=O) groups is 2. The number of aryl methyl sites for hydroxylation is 1. The van der Waals surface area contributed by atoms with E-state index in [0.717, 1.165) is 48.3 Å². The van der Waals surface area contributed by atoms with Gasteiger partial charge in [0, 0.05) is 49.5 Å². The molecule has 1 unspecified atom stereocenters. The first-order chi connectivity index (χ1) is 23.7. The lowest BCUT2D eigenvalue weighted by molar-refractivity contribution is -0.121. The Morgan fingerprint density at radius 3 is 2.45 bits per heavy atom. The Balaban J connectivity index is 1.21.